The van der Waals surface area contributed by atoms with Crippen molar-refractivity contribution in [2.75, 3.05) is 41.8 Å². The molecule has 34 heavy (non-hydrogen) atoms. The first kappa shape index (κ1) is 24.6. The number of benzene rings is 1. The number of rotatable bonds is 5. The van der Waals surface area contributed by atoms with Gasteiger partial charge in [0.1, 0.15) is 11.6 Å². The van der Waals surface area contributed by atoms with Crippen LogP contribution in [0, 0.1) is 0 Å². The number of carbonyl (C=O) groups excluding carboxylic acids is 1. The fraction of sp³-hybridized carbons (Fsp3) is 0.560. The number of nitrogens with two attached hydrogens (primary N) is 1. The SMILES string of the molecule is CC1(C)C(=O)N(c2ccc(N3CCOCC3)cc2)c2nc(CO[Si](C)(C)C(C)(C)C)nc(N)c21. The quantitative estimate of drug-likeness (QED) is 0.631. The van der Waals surface area contributed by atoms with E-state index in [9.17, 15) is 4.79 Å². The van der Waals surface area contributed by atoms with E-state index in [4.69, 9.17) is 19.9 Å². The average Bonchev–Trinajstić information content (AvgIpc) is 2.98. The molecule has 1 amide bonds. The van der Waals surface area contributed by atoms with Crippen molar-refractivity contribution >= 4 is 37.2 Å². The largest absolute Gasteiger partial charge is 0.409 e. The Kier molecular flexibility index (Phi) is 6.24. The predicted molar refractivity (Wildman–Crippen MR) is 138 cm³/mol. The highest BCUT2D eigenvalue weighted by Gasteiger charge is 2.48. The molecule has 1 saturated heterocycles. The Labute approximate surface area is 203 Å². The van der Waals surface area contributed by atoms with Gasteiger partial charge < -0.3 is 19.8 Å². The maximum absolute atomic E-state index is 13.5. The molecule has 0 spiro atoms. The van der Waals surface area contributed by atoms with E-state index in [1.165, 1.54) is 0 Å². The molecular formula is C25H37N5O3Si. The van der Waals surface area contributed by atoms with Gasteiger partial charge in [0, 0.05) is 18.8 Å². The first-order chi connectivity index (χ1) is 15.8. The molecule has 0 aliphatic carbocycles. The Balaban J connectivity index is 1.67. The van der Waals surface area contributed by atoms with Crippen molar-refractivity contribution in [1.29, 1.82) is 0 Å². The standard InChI is InChI=1S/C25H37N5O3Si/c1-24(2,3)34(6,7)33-16-19-27-21(26)20-22(28-19)30(23(31)25(20,4)5)18-10-8-17(9-11-18)29-12-14-32-15-13-29/h8-11H,12-16H2,1-7H3,(H2,26,27,28). The fourth-order valence-corrected chi connectivity index (χ4v) is 5.08. The second-order valence-corrected chi connectivity index (χ2v) is 16.0. The minimum Gasteiger partial charge on any atom is -0.409 e. The Morgan fingerprint density at radius 2 is 1.68 bits per heavy atom. The molecule has 2 aliphatic heterocycles. The van der Waals surface area contributed by atoms with Crippen LogP contribution in [0.15, 0.2) is 24.3 Å². The third-order valence-electron chi connectivity index (χ3n) is 7.39. The molecule has 0 bridgehead atoms. The monoisotopic (exact) mass is 483 g/mol. The number of morpholine rings is 1. The summed E-state index contributed by atoms with van der Waals surface area (Å²) in [6.45, 7) is 18.2. The zero-order valence-corrected chi connectivity index (χ0v) is 22.4. The maximum Gasteiger partial charge on any atom is 0.243 e. The summed E-state index contributed by atoms with van der Waals surface area (Å²) in [6, 6.07) is 8.03. The topological polar surface area (TPSA) is 93.8 Å². The molecule has 8 nitrogen and oxygen atoms in total. The summed E-state index contributed by atoms with van der Waals surface area (Å²) in [4.78, 5) is 26.8. The fourth-order valence-electron chi connectivity index (χ4n) is 4.16. The number of anilines is 4. The zero-order valence-electron chi connectivity index (χ0n) is 21.4. The third-order valence-corrected chi connectivity index (χ3v) is 11.9. The smallest absolute Gasteiger partial charge is 0.243 e. The van der Waals surface area contributed by atoms with E-state index in [0.717, 1.165) is 37.7 Å². The number of fused-ring (bicyclic) bond motifs is 1. The van der Waals surface area contributed by atoms with Crippen molar-refractivity contribution in [2.45, 2.75) is 64.8 Å². The zero-order chi connectivity index (χ0) is 24.9. The van der Waals surface area contributed by atoms with Crippen molar-refractivity contribution < 1.29 is 14.0 Å². The van der Waals surface area contributed by atoms with Crippen LogP contribution in [0.25, 0.3) is 0 Å². The lowest BCUT2D eigenvalue weighted by atomic mass is 9.87. The van der Waals surface area contributed by atoms with Crippen molar-refractivity contribution in [3.63, 3.8) is 0 Å². The molecule has 2 aromatic rings. The van der Waals surface area contributed by atoms with E-state index in [-0.39, 0.29) is 17.6 Å². The van der Waals surface area contributed by atoms with Crippen LogP contribution in [0.3, 0.4) is 0 Å². The van der Waals surface area contributed by atoms with Crippen LogP contribution in [0.1, 0.15) is 46.0 Å². The number of carbonyl (C=O) groups is 1. The molecule has 2 N–H and O–H groups in total. The second kappa shape index (κ2) is 8.62. The summed E-state index contributed by atoms with van der Waals surface area (Å²) < 4.78 is 11.8. The Morgan fingerprint density at radius 3 is 2.26 bits per heavy atom. The average molecular weight is 484 g/mol. The van der Waals surface area contributed by atoms with Crippen LogP contribution in [0.5, 0.6) is 0 Å². The third kappa shape index (κ3) is 4.32. The molecule has 0 radical (unpaired) electrons. The van der Waals surface area contributed by atoms with Gasteiger partial charge >= 0.3 is 0 Å². The first-order valence-corrected chi connectivity index (χ1v) is 14.8. The Morgan fingerprint density at radius 1 is 1.09 bits per heavy atom. The van der Waals surface area contributed by atoms with E-state index in [0.29, 0.717) is 23.0 Å². The number of nitrogens with zero attached hydrogens (tertiary/aromatic N) is 4. The second-order valence-electron chi connectivity index (χ2n) is 11.2. The van der Waals surface area contributed by atoms with Gasteiger partial charge in [0.15, 0.2) is 14.1 Å². The van der Waals surface area contributed by atoms with Crippen LogP contribution < -0.4 is 15.5 Å². The van der Waals surface area contributed by atoms with E-state index in [1.54, 1.807) is 4.90 Å². The lowest BCUT2D eigenvalue weighted by Crippen LogP contribution is -2.40. The van der Waals surface area contributed by atoms with Gasteiger partial charge in [0.05, 0.1) is 36.5 Å². The normalized spacial score (nSPS) is 18.4. The van der Waals surface area contributed by atoms with E-state index < -0.39 is 13.7 Å². The van der Waals surface area contributed by atoms with Gasteiger partial charge in [-0.15, -0.1) is 0 Å². The van der Waals surface area contributed by atoms with Crippen molar-refractivity contribution in [1.82, 2.24) is 9.97 Å². The highest BCUT2D eigenvalue weighted by molar-refractivity contribution is 6.74. The molecule has 1 aromatic heterocycles. The molecule has 4 rings (SSSR count). The van der Waals surface area contributed by atoms with E-state index >= 15 is 0 Å². The summed E-state index contributed by atoms with van der Waals surface area (Å²) in [5.74, 6) is 1.33. The molecule has 9 heteroatoms. The van der Waals surface area contributed by atoms with Gasteiger partial charge in [-0.1, -0.05) is 20.8 Å². The summed E-state index contributed by atoms with van der Waals surface area (Å²) in [6.07, 6.45) is 0. The summed E-state index contributed by atoms with van der Waals surface area (Å²) in [5.41, 5.74) is 8.14. The van der Waals surface area contributed by atoms with E-state index in [2.05, 4.69) is 43.7 Å². The van der Waals surface area contributed by atoms with Crippen LogP contribution in [0.2, 0.25) is 18.1 Å². The van der Waals surface area contributed by atoms with Crippen LogP contribution in [-0.2, 0) is 26.0 Å². The molecule has 2 aliphatic rings. The lowest BCUT2D eigenvalue weighted by Gasteiger charge is -2.35. The molecule has 0 unspecified atom stereocenters. The van der Waals surface area contributed by atoms with Gasteiger partial charge in [0.2, 0.25) is 5.91 Å². The van der Waals surface area contributed by atoms with Gasteiger partial charge in [-0.25, -0.2) is 9.97 Å². The minimum atomic E-state index is -1.99. The lowest BCUT2D eigenvalue weighted by molar-refractivity contribution is -0.121. The summed E-state index contributed by atoms with van der Waals surface area (Å²) >= 11 is 0. The van der Waals surface area contributed by atoms with Crippen LogP contribution >= 0.6 is 0 Å². The van der Waals surface area contributed by atoms with Crippen molar-refractivity contribution in [2.24, 2.45) is 0 Å². The molecule has 3 heterocycles. The van der Waals surface area contributed by atoms with Gasteiger partial charge in [0.25, 0.3) is 0 Å². The van der Waals surface area contributed by atoms with Crippen LogP contribution in [0.4, 0.5) is 23.0 Å². The first-order valence-electron chi connectivity index (χ1n) is 11.9. The number of hydrogen-bond acceptors (Lipinski definition) is 7. The molecule has 0 atom stereocenters. The molecule has 1 fully saturated rings. The van der Waals surface area contributed by atoms with Crippen molar-refractivity contribution in [3.8, 4) is 0 Å². The van der Waals surface area contributed by atoms with Gasteiger partial charge in [-0.3, -0.25) is 9.69 Å². The molecular weight excluding hydrogens is 446 g/mol. The van der Waals surface area contributed by atoms with E-state index in [1.807, 2.05) is 38.1 Å². The molecule has 184 valence electrons. The van der Waals surface area contributed by atoms with Crippen molar-refractivity contribution in [3.05, 3.63) is 35.7 Å². The number of amides is 1. The number of aromatic nitrogens is 2. The number of hydrogen-bond donors (Lipinski definition) is 1. The Hall–Kier alpha value is -2.49. The summed E-state index contributed by atoms with van der Waals surface area (Å²) in [7, 11) is -1.99. The van der Waals surface area contributed by atoms with Crippen LogP contribution in [-0.4, -0.2) is 50.5 Å². The Bertz CT molecular complexity index is 1070. The minimum absolute atomic E-state index is 0.0647. The molecule has 0 saturated carbocycles. The predicted octanol–water partition coefficient (Wildman–Crippen LogP) is 4.37. The highest BCUT2D eigenvalue weighted by Crippen LogP contribution is 2.47. The van der Waals surface area contributed by atoms with Gasteiger partial charge in [-0.2, -0.15) is 0 Å². The highest BCUT2D eigenvalue weighted by atomic mass is 28.4. The maximum atomic E-state index is 13.5. The number of nitrogen functional groups attached to an aromatic ring is 1. The number of ether oxygens (including phenoxy) is 1. The molecule has 1 aromatic carbocycles. The summed E-state index contributed by atoms with van der Waals surface area (Å²) in [5, 5.41) is 0.0709. The van der Waals surface area contributed by atoms with Gasteiger partial charge in [-0.05, 0) is 56.2 Å².